The van der Waals surface area contributed by atoms with E-state index in [1.807, 2.05) is 6.07 Å². The van der Waals surface area contributed by atoms with Crippen molar-refractivity contribution in [2.75, 3.05) is 50.1 Å². The maximum atomic E-state index is 12.8. The van der Waals surface area contributed by atoms with E-state index in [0.29, 0.717) is 29.6 Å². The van der Waals surface area contributed by atoms with E-state index in [9.17, 15) is 4.79 Å². The van der Waals surface area contributed by atoms with E-state index in [4.69, 9.17) is 17.0 Å². The molecule has 2 N–H and O–H groups in total. The first-order valence-corrected chi connectivity index (χ1v) is 11.1. The summed E-state index contributed by atoms with van der Waals surface area (Å²) in [6.45, 7) is 6.33. The third-order valence-corrected chi connectivity index (χ3v) is 5.26. The minimum Gasteiger partial charge on any atom is -0.478 e. The van der Waals surface area contributed by atoms with Crippen LogP contribution in [0.3, 0.4) is 0 Å². The molecule has 8 nitrogen and oxygen atoms in total. The Morgan fingerprint density at radius 2 is 1.97 bits per heavy atom. The smallest absolute Gasteiger partial charge is 0.261 e. The number of aromatic nitrogens is 2. The van der Waals surface area contributed by atoms with Gasteiger partial charge in [0.2, 0.25) is 5.88 Å². The molecular formula is C22H30N6O2S. The number of piperazine rings is 1. The van der Waals surface area contributed by atoms with Crippen LogP contribution in [0, 0.1) is 0 Å². The first-order valence-electron chi connectivity index (χ1n) is 10.7. The molecule has 31 heavy (non-hydrogen) atoms. The molecule has 0 saturated carbocycles. The Labute approximate surface area is 189 Å². The zero-order valence-corrected chi connectivity index (χ0v) is 19.0. The van der Waals surface area contributed by atoms with Crippen LogP contribution < -0.4 is 20.3 Å². The van der Waals surface area contributed by atoms with Crippen molar-refractivity contribution in [3.63, 3.8) is 0 Å². The number of nitrogens with one attached hydrogen (secondary N) is 2. The second kappa shape index (κ2) is 11.6. The monoisotopic (exact) mass is 442 g/mol. The summed E-state index contributed by atoms with van der Waals surface area (Å²) >= 11 is 5.32. The van der Waals surface area contributed by atoms with Gasteiger partial charge in [-0.1, -0.05) is 19.8 Å². The fraction of sp³-hybridized carbons (Fsp3) is 0.455. The summed E-state index contributed by atoms with van der Waals surface area (Å²) in [6.07, 6.45) is 6.64. The fourth-order valence-corrected chi connectivity index (χ4v) is 3.46. The largest absolute Gasteiger partial charge is 0.478 e. The van der Waals surface area contributed by atoms with E-state index in [-0.39, 0.29) is 11.0 Å². The third-order valence-electron chi connectivity index (χ3n) is 5.05. The number of thiocarbonyl (C=S) groups is 1. The van der Waals surface area contributed by atoms with Crippen LogP contribution in [0.15, 0.2) is 36.7 Å². The number of hydrogen-bond donors (Lipinski definition) is 2. The van der Waals surface area contributed by atoms with Crippen molar-refractivity contribution in [2.45, 2.75) is 26.2 Å². The van der Waals surface area contributed by atoms with Crippen LogP contribution in [0.25, 0.3) is 0 Å². The summed E-state index contributed by atoms with van der Waals surface area (Å²) in [5, 5.41) is 5.94. The van der Waals surface area contributed by atoms with Crippen LogP contribution in [-0.2, 0) is 0 Å². The van der Waals surface area contributed by atoms with E-state index in [2.05, 4.69) is 44.4 Å². The first kappa shape index (κ1) is 22.9. The highest BCUT2D eigenvalue weighted by atomic mass is 32.1. The molecule has 0 spiro atoms. The minimum absolute atomic E-state index is 0.205. The lowest BCUT2D eigenvalue weighted by Crippen LogP contribution is -2.45. The van der Waals surface area contributed by atoms with Crippen LogP contribution in [-0.4, -0.2) is 65.7 Å². The van der Waals surface area contributed by atoms with Crippen molar-refractivity contribution < 1.29 is 9.53 Å². The van der Waals surface area contributed by atoms with Gasteiger partial charge in [0.15, 0.2) is 5.11 Å². The van der Waals surface area contributed by atoms with Gasteiger partial charge in [-0.25, -0.2) is 9.97 Å². The van der Waals surface area contributed by atoms with Crippen molar-refractivity contribution in [2.24, 2.45) is 0 Å². The zero-order valence-electron chi connectivity index (χ0n) is 18.1. The van der Waals surface area contributed by atoms with E-state index >= 15 is 0 Å². The van der Waals surface area contributed by atoms with Crippen LogP contribution in [0.4, 0.5) is 11.5 Å². The molecule has 3 rings (SSSR count). The highest BCUT2D eigenvalue weighted by Gasteiger charge is 2.21. The van der Waals surface area contributed by atoms with Gasteiger partial charge >= 0.3 is 0 Å². The van der Waals surface area contributed by atoms with Crippen LogP contribution in [0.2, 0.25) is 0 Å². The van der Waals surface area contributed by atoms with Gasteiger partial charge < -0.3 is 19.9 Å². The zero-order chi connectivity index (χ0) is 22.1. The van der Waals surface area contributed by atoms with Gasteiger partial charge in [0.1, 0.15) is 5.82 Å². The van der Waals surface area contributed by atoms with Crippen LogP contribution >= 0.6 is 12.2 Å². The molecule has 0 atom stereocenters. The van der Waals surface area contributed by atoms with Crippen molar-refractivity contribution in [1.82, 2.24) is 20.2 Å². The van der Waals surface area contributed by atoms with Crippen LogP contribution in [0.5, 0.6) is 5.88 Å². The number of carbonyl (C=O) groups is 1. The number of pyridine rings is 2. The lowest BCUT2D eigenvalue weighted by molar-refractivity contribution is 0.0977. The molecule has 1 aliphatic heterocycles. The topological polar surface area (TPSA) is 82.6 Å². The second-order valence-electron chi connectivity index (χ2n) is 7.51. The predicted molar refractivity (Wildman–Crippen MR) is 127 cm³/mol. The number of nitrogens with zero attached hydrogens (tertiary/aromatic N) is 4. The molecule has 0 aliphatic carbocycles. The molecule has 0 unspecified atom stereocenters. The normalized spacial score (nSPS) is 14.2. The number of anilines is 2. The predicted octanol–water partition coefficient (Wildman–Crippen LogP) is 2.92. The van der Waals surface area contributed by atoms with Gasteiger partial charge in [-0.15, -0.1) is 0 Å². The van der Waals surface area contributed by atoms with Crippen molar-refractivity contribution in [3.05, 3.63) is 42.2 Å². The Balaban J connectivity index is 1.55. The molecule has 2 aromatic heterocycles. The van der Waals surface area contributed by atoms with Crippen molar-refractivity contribution in [3.8, 4) is 5.88 Å². The molecule has 2 aromatic rings. The number of likely N-dealkylation sites (N-methyl/N-ethyl adjacent to an activating group) is 1. The minimum atomic E-state index is -0.289. The highest BCUT2D eigenvalue weighted by Crippen LogP contribution is 2.19. The second-order valence-corrected chi connectivity index (χ2v) is 7.92. The number of rotatable bonds is 8. The maximum absolute atomic E-state index is 12.8. The molecule has 0 bridgehead atoms. The first-order chi connectivity index (χ1) is 15.1. The Kier molecular flexibility index (Phi) is 8.54. The van der Waals surface area contributed by atoms with Crippen molar-refractivity contribution in [1.29, 1.82) is 0 Å². The number of unbranched alkanes of at least 4 members (excludes halogenated alkanes) is 2. The summed E-state index contributed by atoms with van der Waals surface area (Å²) in [7, 11) is 2.09. The van der Waals surface area contributed by atoms with Gasteiger partial charge in [0, 0.05) is 38.4 Å². The number of ether oxygens (including phenoxy) is 1. The third kappa shape index (κ3) is 6.86. The van der Waals surface area contributed by atoms with Gasteiger partial charge in [-0.2, -0.15) is 0 Å². The van der Waals surface area contributed by atoms with Gasteiger partial charge in [-0.05, 0) is 43.9 Å². The summed E-state index contributed by atoms with van der Waals surface area (Å²) in [5.41, 5.74) is 1.18. The van der Waals surface area contributed by atoms with Crippen molar-refractivity contribution >= 4 is 34.7 Å². The highest BCUT2D eigenvalue weighted by molar-refractivity contribution is 7.80. The Hall–Kier alpha value is -2.78. The molecule has 3 heterocycles. The molecule has 1 saturated heterocycles. The average molecular weight is 443 g/mol. The Bertz CT molecular complexity index is 869. The summed E-state index contributed by atoms with van der Waals surface area (Å²) in [4.78, 5) is 26.0. The van der Waals surface area contributed by atoms with E-state index in [1.165, 1.54) is 0 Å². The van der Waals surface area contributed by atoms with E-state index in [0.717, 1.165) is 45.4 Å². The molecular weight excluding hydrogens is 412 g/mol. The molecule has 1 aliphatic rings. The summed E-state index contributed by atoms with van der Waals surface area (Å²) in [6, 6.07) is 7.13. The molecule has 166 valence electrons. The Morgan fingerprint density at radius 3 is 2.68 bits per heavy atom. The molecule has 0 radical (unpaired) electrons. The Morgan fingerprint density at radius 1 is 1.16 bits per heavy atom. The lowest BCUT2D eigenvalue weighted by atomic mass is 10.2. The van der Waals surface area contributed by atoms with Crippen LogP contribution in [0.1, 0.15) is 36.5 Å². The molecule has 1 amide bonds. The van der Waals surface area contributed by atoms with Gasteiger partial charge in [0.25, 0.3) is 5.91 Å². The standard InChI is InChI=1S/C22H30N6O2S/c1-3-4-5-15-30-19-9-8-17(16-24-19)25-22(31)26-21(29)18-7-6-10-23-20(18)28-13-11-27(2)12-14-28/h6-10,16H,3-5,11-15H2,1-2H3,(H2,25,26,29,31). The van der Waals surface area contributed by atoms with E-state index < -0.39 is 0 Å². The quantitative estimate of drug-likeness (QED) is 0.477. The lowest BCUT2D eigenvalue weighted by Gasteiger charge is -2.34. The number of carbonyl (C=O) groups excluding carboxylic acids is 1. The average Bonchev–Trinajstić information content (AvgIpc) is 2.78. The SMILES string of the molecule is CCCCCOc1ccc(NC(=S)NC(=O)c2cccnc2N2CCN(C)CC2)cn1. The maximum Gasteiger partial charge on any atom is 0.261 e. The summed E-state index contributed by atoms with van der Waals surface area (Å²) < 4.78 is 5.61. The van der Waals surface area contributed by atoms with E-state index in [1.54, 1.807) is 30.6 Å². The molecule has 1 fully saturated rings. The van der Waals surface area contributed by atoms with Gasteiger partial charge in [-0.3, -0.25) is 10.1 Å². The fourth-order valence-electron chi connectivity index (χ4n) is 3.25. The molecule has 0 aromatic carbocycles. The molecule has 9 heteroatoms. The van der Waals surface area contributed by atoms with Gasteiger partial charge in [0.05, 0.1) is 24.1 Å². The summed E-state index contributed by atoms with van der Waals surface area (Å²) in [5.74, 6) is 0.967. The number of amides is 1. The number of hydrogen-bond acceptors (Lipinski definition) is 7.